The molecule has 0 amide bonds. The maximum absolute atomic E-state index is 9.25. The van der Waals surface area contributed by atoms with Gasteiger partial charge in [0.2, 0.25) is 0 Å². The molecule has 136 valence electrons. The molecule has 2 rings (SSSR count). The van der Waals surface area contributed by atoms with Crippen molar-refractivity contribution in [1.29, 1.82) is 0 Å². The molecule has 0 aromatic heterocycles. The van der Waals surface area contributed by atoms with Gasteiger partial charge in [0, 0.05) is 11.1 Å². The van der Waals surface area contributed by atoms with E-state index >= 15 is 0 Å². The Labute approximate surface area is 146 Å². The maximum atomic E-state index is 9.25. The molecule has 2 aromatic carbocycles. The first-order chi connectivity index (χ1) is 11.9. The molecule has 2 aromatic rings. The van der Waals surface area contributed by atoms with Crippen LogP contribution in [-0.4, -0.2) is 23.7 Å². The Bertz CT molecular complexity index is 618. The van der Waals surface area contributed by atoms with Crippen LogP contribution in [0.15, 0.2) is 60.7 Å². The Kier molecular flexibility index (Phi) is 9.69. The molecule has 0 aliphatic carbocycles. The van der Waals surface area contributed by atoms with E-state index in [1.807, 2.05) is 0 Å². The molecular weight excluding hydrogens is 343 g/mol. The Morgan fingerprint density at radius 1 is 0.880 bits per heavy atom. The minimum absolute atomic E-state index is 1.08. The molecule has 8 heteroatoms. The van der Waals surface area contributed by atoms with Crippen molar-refractivity contribution in [3.05, 3.63) is 71.8 Å². The fourth-order valence-electron chi connectivity index (χ4n) is 2.00. The summed E-state index contributed by atoms with van der Waals surface area (Å²) < 4.78 is 9.25. The normalized spacial score (nSPS) is 12.6. The third kappa shape index (κ3) is 10.4. The number of benzene rings is 2. The highest BCUT2D eigenvalue weighted by molar-refractivity contribution is 7.67. The Morgan fingerprint density at radius 3 is 1.48 bits per heavy atom. The molecule has 0 aliphatic rings. The van der Waals surface area contributed by atoms with Crippen LogP contribution in [0.1, 0.15) is 11.1 Å². The molecule has 0 saturated heterocycles. The predicted molar refractivity (Wildman–Crippen MR) is 89.1 cm³/mol. The van der Waals surface area contributed by atoms with E-state index in [-0.39, 0.29) is 0 Å². The van der Waals surface area contributed by atoms with E-state index in [2.05, 4.69) is 71.3 Å². The molecule has 0 aliphatic heterocycles. The summed E-state index contributed by atoms with van der Waals surface area (Å²) in [7, 11) is -5.18. The quantitative estimate of drug-likeness (QED) is 0.382. The van der Waals surface area contributed by atoms with Gasteiger partial charge in [0.1, 0.15) is 31.9 Å². The zero-order valence-corrected chi connectivity index (χ0v) is 14.7. The van der Waals surface area contributed by atoms with Crippen molar-refractivity contribution in [1.82, 2.24) is 0 Å². The summed E-state index contributed by atoms with van der Waals surface area (Å²) in [4.78, 5) is 25.8. The SMILES string of the molecule is O=C([O-])P(=O)([O-])O.c1ccc(C[NH2+]CC[NH2+]Cc2ccccc2)cc1. The summed E-state index contributed by atoms with van der Waals surface area (Å²) in [5.74, 6) is 0. The van der Waals surface area contributed by atoms with Crippen LogP contribution in [0.2, 0.25) is 0 Å². The first kappa shape index (κ1) is 21.0. The summed E-state index contributed by atoms with van der Waals surface area (Å²) in [6.45, 7) is 4.50. The molecule has 7 nitrogen and oxygen atoms in total. The van der Waals surface area contributed by atoms with Gasteiger partial charge in [0.15, 0.2) is 7.60 Å². The lowest BCUT2D eigenvalue weighted by Gasteiger charge is -2.14. The van der Waals surface area contributed by atoms with Gasteiger partial charge in [-0.15, -0.1) is 0 Å². The fourth-order valence-corrected chi connectivity index (χ4v) is 2.00. The summed E-state index contributed by atoms with van der Waals surface area (Å²) in [5.41, 5.74) is 0.355. The average Bonchev–Trinajstić information content (AvgIpc) is 2.59. The molecule has 0 bridgehead atoms. The van der Waals surface area contributed by atoms with Gasteiger partial charge in [-0.2, -0.15) is 0 Å². The van der Waals surface area contributed by atoms with E-state index in [9.17, 15) is 9.46 Å². The van der Waals surface area contributed by atoms with Gasteiger partial charge in [0.05, 0.1) is 0 Å². The maximum Gasteiger partial charge on any atom is 0.177 e. The molecule has 25 heavy (non-hydrogen) atoms. The fraction of sp³-hybridized carbons (Fsp3) is 0.235. The van der Waals surface area contributed by atoms with Gasteiger partial charge in [-0.05, 0) is 0 Å². The monoisotopic (exact) mass is 366 g/mol. The van der Waals surface area contributed by atoms with E-state index < -0.39 is 13.3 Å². The molecule has 5 N–H and O–H groups in total. The molecule has 0 spiro atoms. The van der Waals surface area contributed by atoms with Gasteiger partial charge in [-0.25, -0.2) is 0 Å². The summed E-state index contributed by atoms with van der Waals surface area (Å²) in [6.07, 6.45) is 0. The lowest BCUT2D eigenvalue weighted by atomic mass is 10.2. The Morgan fingerprint density at radius 2 is 1.20 bits per heavy atom. The van der Waals surface area contributed by atoms with Crippen LogP contribution >= 0.6 is 7.60 Å². The zero-order chi connectivity index (χ0) is 18.5. The predicted octanol–water partition coefficient (Wildman–Crippen LogP) is -1.61. The van der Waals surface area contributed by atoms with Crippen molar-refractivity contribution < 1.29 is 34.9 Å². The Balaban J connectivity index is 0.000000381. The lowest BCUT2D eigenvalue weighted by molar-refractivity contribution is -0.738. The molecule has 0 heterocycles. The second-order valence-corrected chi connectivity index (χ2v) is 6.73. The summed E-state index contributed by atoms with van der Waals surface area (Å²) in [5, 5.41) is 13.8. The molecule has 1 unspecified atom stereocenters. The Hall–Kier alpha value is -2.02. The second-order valence-electron chi connectivity index (χ2n) is 5.32. The van der Waals surface area contributed by atoms with Gasteiger partial charge >= 0.3 is 0 Å². The van der Waals surface area contributed by atoms with Gasteiger partial charge in [-0.3, -0.25) is 0 Å². The number of hydrogen-bond donors (Lipinski definition) is 3. The van der Waals surface area contributed by atoms with Gasteiger partial charge < -0.3 is 34.9 Å². The third-order valence-corrected chi connectivity index (χ3v) is 3.71. The number of carbonyl (C=O) groups excluding carboxylic acids is 1. The van der Waals surface area contributed by atoms with Crippen molar-refractivity contribution in [2.45, 2.75) is 13.1 Å². The van der Waals surface area contributed by atoms with Crippen LogP contribution in [0.5, 0.6) is 0 Å². The highest BCUT2D eigenvalue weighted by Crippen LogP contribution is 2.26. The standard InChI is InChI=1S/C16H20N2.CH3O5P/c1-3-7-15(8-4-1)13-17-11-12-18-14-16-9-5-2-6-10-16;2-1(3)7(4,5)6/h1-10,17-18H,11-14H2;(H,2,3)(H2,4,5,6). The van der Waals surface area contributed by atoms with E-state index in [0.717, 1.165) is 13.1 Å². The highest BCUT2D eigenvalue weighted by Gasteiger charge is 1.98. The molecular formula is C17H23N2O5P. The largest absolute Gasteiger partial charge is 0.774 e. The van der Waals surface area contributed by atoms with Crippen molar-refractivity contribution in [2.75, 3.05) is 13.1 Å². The van der Waals surface area contributed by atoms with Crippen molar-refractivity contribution in [3.63, 3.8) is 0 Å². The number of carboxylic acid groups (broad SMARTS) is 1. The van der Waals surface area contributed by atoms with E-state index in [1.54, 1.807) is 0 Å². The smallest absolute Gasteiger partial charge is 0.177 e. The van der Waals surface area contributed by atoms with Crippen LogP contribution < -0.4 is 20.6 Å². The van der Waals surface area contributed by atoms with Crippen LogP contribution in [0, 0.1) is 0 Å². The highest BCUT2D eigenvalue weighted by atomic mass is 31.2. The molecule has 1 atom stereocenters. The second kappa shape index (κ2) is 11.5. The van der Waals surface area contributed by atoms with Crippen molar-refractivity contribution in [2.24, 2.45) is 0 Å². The number of carbonyl (C=O) groups is 1. The molecule has 0 fully saturated rings. The first-order valence-corrected chi connectivity index (χ1v) is 9.44. The van der Waals surface area contributed by atoms with Crippen LogP contribution in [0.3, 0.4) is 0 Å². The van der Waals surface area contributed by atoms with Gasteiger partial charge in [0.25, 0.3) is 0 Å². The van der Waals surface area contributed by atoms with Crippen LogP contribution in [0.4, 0.5) is 4.79 Å². The summed E-state index contributed by atoms with van der Waals surface area (Å²) in [6, 6.07) is 21.3. The minimum atomic E-state index is -5.18. The average molecular weight is 366 g/mol. The first-order valence-electron chi connectivity index (χ1n) is 7.86. The summed E-state index contributed by atoms with van der Waals surface area (Å²) >= 11 is 0. The molecule has 0 saturated carbocycles. The van der Waals surface area contributed by atoms with Crippen molar-refractivity contribution >= 4 is 13.3 Å². The molecule has 0 radical (unpaired) electrons. The van der Waals surface area contributed by atoms with E-state index in [4.69, 9.17) is 14.8 Å². The number of quaternary nitrogens is 2. The van der Waals surface area contributed by atoms with E-state index in [0.29, 0.717) is 0 Å². The van der Waals surface area contributed by atoms with Crippen LogP contribution in [0.25, 0.3) is 0 Å². The topological polar surface area (TPSA) is 134 Å². The lowest BCUT2D eigenvalue weighted by Crippen LogP contribution is -2.93. The third-order valence-electron chi connectivity index (χ3n) is 3.25. The van der Waals surface area contributed by atoms with E-state index in [1.165, 1.54) is 24.2 Å². The van der Waals surface area contributed by atoms with Crippen molar-refractivity contribution in [3.8, 4) is 0 Å². The number of nitrogens with two attached hydrogens (primary N) is 2. The number of rotatable bonds is 8. The van der Waals surface area contributed by atoms with Crippen LogP contribution in [-0.2, 0) is 17.7 Å². The zero-order valence-electron chi connectivity index (χ0n) is 13.8. The minimum Gasteiger partial charge on any atom is -0.774 e. The van der Waals surface area contributed by atoms with Gasteiger partial charge in [-0.1, -0.05) is 60.7 Å². The number of hydrogen-bond acceptors (Lipinski definition) is 4.